The highest BCUT2D eigenvalue weighted by Crippen LogP contribution is 2.17. The van der Waals surface area contributed by atoms with Crippen LogP contribution in [0.2, 0.25) is 0 Å². The lowest BCUT2D eigenvalue weighted by Gasteiger charge is -2.07. The van der Waals surface area contributed by atoms with Gasteiger partial charge in [-0.1, -0.05) is 24.3 Å². The third-order valence-corrected chi connectivity index (χ3v) is 3.92. The third kappa shape index (κ3) is 3.74. The van der Waals surface area contributed by atoms with Crippen molar-refractivity contribution in [3.63, 3.8) is 0 Å². The highest BCUT2D eigenvalue weighted by atomic mass is 19.1. The number of carbonyl (C=O) groups excluding carboxylic acids is 1. The number of nitrogens with zero attached hydrogens (tertiary/aromatic N) is 2. The topological polar surface area (TPSA) is 46.9 Å². The van der Waals surface area contributed by atoms with E-state index >= 15 is 0 Å². The maximum atomic E-state index is 13.9. The second-order valence-corrected chi connectivity index (χ2v) is 5.64. The minimum Gasteiger partial charge on any atom is -0.352 e. The van der Waals surface area contributed by atoms with Crippen LogP contribution in [0.5, 0.6) is 0 Å². The van der Waals surface area contributed by atoms with Gasteiger partial charge in [-0.3, -0.25) is 4.79 Å². The van der Waals surface area contributed by atoms with Crippen LogP contribution in [-0.4, -0.2) is 22.2 Å². The van der Waals surface area contributed by atoms with E-state index in [1.807, 2.05) is 0 Å². The van der Waals surface area contributed by atoms with Gasteiger partial charge in [0.2, 0.25) is 0 Å². The van der Waals surface area contributed by atoms with E-state index in [1.54, 1.807) is 37.3 Å². The van der Waals surface area contributed by atoms with Crippen LogP contribution >= 0.6 is 0 Å². The van der Waals surface area contributed by atoms with Gasteiger partial charge in [0, 0.05) is 6.54 Å². The van der Waals surface area contributed by atoms with Gasteiger partial charge in [-0.25, -0.2) is 13.5 Å². The molecule has 0 fully saturated rings. The summed E-state index contributed by atoms with van der Waals surface area (Å²) in [6.45, 7) is 2.08. The van der Waals surface area contributed by atoms with Crippen LogP contribution in [0.15, 0.2) is 54.7 Å². The maximum absolute atomic E-state index is 13.9. The molecule has 0 radical (unpaired) electrons. The van der Waals surface area contributed by atoms with E-state index in [9.17, 15) is 13.6 Å². The molecule has 0 atom stereocenters. The Kier molecular flexibility index (Phi) is 4.88. The smallest absolute Gasteiger partial charge is 0.254 e. The molecule has 1 amide bonds. The molecule has 0 spiro atoms. The molecule has 1 N–H and O–H groups in total. The Morgan fingerprint density at radius 1 is 1.16 bits per heavy atom. The van der Waals surface area contributed by atoms with Crippen LogP contribution in [-0.2, 0) is 6.42 Å². The summed E-state index contributed by atoms with van der Waals surface area (Å²) >= 11 is 0. The number of para-hydroxylation sites is 1. The number of amides is 1. The summed E-state index contributed by atoms with van der Waals surface area (Å²) in [5, 5.41) is 6.89. The fraction of sp³-hybridized carbons (Fsp3) is 0.158. The monoisotopic (exact) mass is 341 g/mol. The Labute approximate surface area is 144 Å². The van der Waals surface area contributed by atoms with E-state index in [0.717, 1.165) is 5.56 Å². The zero-order chi connectivity index (χ0) is 17.8. The molecule has 1 aromatic heterocycles. The average molecular weight is 341 g/mol. The van der Waals surface area contributed by atoms with Gasteiger partial charge in [-0.15, -0.1) is 0 Å². The third-order valence-electron chi connectivity index (χ3n) is 3.92. The SMILES string of the molecule is Cc1c(C(=O)NCCc2cccc(F)c2)cnn1-c1ccccc1F. The molecule has 2 aromatic carbocycles. The number of halogens is 2. The van der Waals surface area contributed by atoms with E-state index < -0.39 is 5.82 Å². The first-order valence-electron chi connectivity index (χ1n) is 7.88. The molecule has 3 rings (SSSR count). The number of carbonyl (C=O) groups is 1. The standard InChI is InChI=1S/C19H17F2N3O/c1-13-16(12-23-24(13)18-8-3-2-7-17(18)21)19(25)22-10-9-14-5-4-6-15(20)11-14/h2-8,11-12H,9-10H2,1H3,(H,22,25). The summed E-state index contributed by atoms with van der Waals surface area (Å²) in [4.78, 5) is 12.3. The molecular formula is C19H17F2N3O. The molecule has 128 valence electrons. The number of nitrogens with one attached hydrogen (secondary N) is 1. The number of hydrogen-bond acceptors (Lipinski definition) is 2. The molecule has 25 heavy (non-hydrogen) atoms. The van der Waals surface area contributed by atoms with Gasteiger partial charge >= 0.3 is 0 Å². The first-order chi connectivity index (χ1) is 12.1. The summed E-state index contributed by atoms with van der Waals surface area (Å²) in [6.07, 6.45) is 1.93. The van der Waals surface area contributed by atoms with Crippen LogP contribution in [0.3, 0.4) is 0 Å². The molecule has 0 unspecified atom stereocenters. The lowest BCUT2D eigenvalue weighted by atomic mass is 10.1. The molecule has 0 aliphatic carbocycles. The lowest BCUT2D eigenvalue weighted by molar-refractivity contribution is 0.0953. The zero-order valence-electron chi connectivity index (χ0n) is 13.7. The Bertz CT molecular complexity index is 905. The van der Waals surface area contributed by atoms with E-state index in [0.29, 0.717) is 29.9 Å². The van der Waals surface area contributed by atoms with E-state index in [-0.39, 0.29) is 11.7 Å². The molecule has 1 heterocycles. The van der Waals surface area contributed by atoms with E-state index in [2.05, 4.69) is 10.4 Å². The summed E-state index contributed by atoms with van der Waals surface area (Å²) in [7, 11) is 0. The van der Waals surface area contributed by atoms with Gasteiger partial charge in [0.25, 0.3) is 5.91 Å². The van der Waals surface area contributed by atoms with Crippen molar-refractivity contribution in [3.05, 3.63) is 83.2 Å². The normalized spacial score (nSPS) is 10.7. The van der Waals surface area contributed by atoms with Crippen molar-refractivity contribution in [1.82, 2.24) is 15.1 Å². The summed E-state index contributed by atoms with van der Waals surface area (Å²) in [5.74, 6) is -1.01. The molecule has 4 nitrogen and oxygen atoms in total. The first kappa shape index (κ1) is 16.8. The van der Waals surface area contributed by atoms with Crippen molar-refractivity contribution in [2.75, 3.05) is 6.54 Å². The second kappa shape index (κ2) is 7.25. The van der Waals surface area contributed by atoms with Gasteiger partial charge in [-0.2, -0.15) is 5.10 Å². The van der Waals surface area contributed by atoms with Crippen molar-refractivity contribution in [2.24, 2.45) is 0 Å². The van der Waals surface area contributed by atoms with Crippen molar-refractivity contribution >= 4 is 5.91 Å². The Hall–Kier alpha value is -3.02. The number of rotatable bonds is 5. The van der Waals surface area contributed by atoms with Gasteiger partial charge in [0.1, 0.15) is 17.3 Å². The zero-order valence-corrected chi connectivity index (χ0v) is 13.7. The quantitative estimate of drug-likeness (QED) is 0.773. The summed E-state index contributed by atoms with van der Waals surface area (Å²) in [6, 6.07) is 12.5. The predicted octanol–water partition coefficient (Wildman–Crippen LogP) is 3.43. The maximum Gasteiger partial charge on any atom is 0.254 e. The van der Waals surface area contributed by atoms with Gasteiger partial charge < -0.3 is 5.32 Å². The Morgan fingerprint density at radius 2 is 1.96 bits per heavy atom. The van der Waals surface area contributed by atoms with Crippen molar-refractivity contribution in [3.8, 4) is 5.69 Å². The predicted molar refractivity (Wildman–Crippen MR) is 90.7 cm³/mol. The molecule has 3 aromatic rings. The molecule has 0 saturated heterocycles. The van der Waals surface area contributed by atoms with Crippen LogP contribution in [0.1, 0.15) is 21.6 Å². The lowest BCUT2D eigenvalue weighted by Crippen LogP contribution is -2.26. The van der Waals surface area contributed by atoms with E-state index in [4.69, 9.17) is 0 Å². The molecule has 0 saturated carbocycles. The number of aromatic nitrogens is 2. The Morgan fingerprint density at radius 3 is 2.72 bits per heavy atom. The number of hydrogen-bond donors (Lipinski definition) is 1. The average Bonchev–Trinajstić information content (AvgIpc) is 2.97. The van der Waals surface area contributed by atoms with Crippen LogP contribution in [0.4, 0.5) is 8.78 Å². The van der Waals surface area contributed by atoms with Crippen LogP contribution in [0, 0.1) is 18.6 Å². The minimum atomic E-state index is -0.410. The van der Waals surface area contributed by atoms with Crippen LogP contribution in [0.25, 0.3) is 5.69 Å². The molecule has 0 bridgehead atoms. The first-order valence-corrected chi connectivity index (χ1v) is 7.88. The minimum absolute atomic E-state index is 0.291. The fourth-order valence-corrected chi connectivity index (χ4v) is 2.61. The molecule has 6 heteroatoms. The molecule has 0 aliphatic rings. The highest BCUT2D eigenvalue weighted by molar-refractivity contribution is 5.95. The van der Waals surface area contributed by atoms with Crippen LogP contribution < -0.4 is 5.32 Å². The van der Waals surface area contributed by atoms with Crippen molar-refractivity contribution in [1.29, 1.82) is 0 Å². The molecular weight excluding hydrogens is 324 g/mol. The van der Waals surface area contributed by atoms with E-state index in [1.165, 1.54) is 29.1 Å². The summed E-state index contributed by atoms with van der Waals surface area (Å²) < 4.78 is 28.4. The van der Waals surface area contributed by atoms with Gasteiger partial charge in [-0.05, 0) is 43.2 Å². The highest BCUT2D eigenvalue weighted by Gasteiger charge is 2.16. The fourth-order valence-electron chi connectivity index (χ4n) is 2.61. The van der Waals surface area contributed by atoms with Gasteiger partial charge in [0.15, 0.2) is 0 Å². The van der Waals surface area contributed by atoms with Gasteiger partial charge in [0.05, 0.1) is 17.5 Å². The Balaban J connectivity index is 1.68. The van der Waals surface area contributed by atoms with Crippen molar-refractivity contribution < 1.29 is 13.6 Å². The largest absolute Gasteiger partial charge is 0.352 e. The molecule has 0 aliphatic heterocycles. The number of benzene rings is 2. The summed E-state index contributed by atoms with van der Waals surface area (Å²) in [5.41, 5.74) is 2.02. The van der Waals surface area contributed by atoms with Crippen molar-refractivity contribution in [2.45, 2.75) is 13.3 Å². The second-order valence-electron chi connectivity index (χ2n) is 5.64.